The van der Waals surface area contributed by atoms with Gasteiger partial charge >= 0.3 is 0 Å². The lowest BCUT2D eigenvalue weighted by molar-refractivity contribution is 0.104. The van der Waals surface area contributed by atoms with E-state index in [2.05, 4.69) is 0 Å². The third-order valence-corrected chi connectivity index (χ3v) is 2.72. The molecule has 96 valence electrons. The molecule has 0 spiro atoms. The lowest BCUT2D eigenvalue weighted by Gasteiger charge is -2.01. The van der Waals surface area contributed by atoms with Gasteiger partial charge in [-0.25, -0.2) is 0 Å². The number of hydrogen-bond acceptors (Lipinski definition) is 3. The van der Waals surface area contributed by atoms with Gasteiger partial charge in [0, 0.05) is 6.07 Å². The average Bonchev–Trinajstić information content (AvgIpc) is 2.36. The van der Waals surface area contributed by atoms with E-state index in [1.165, 1.54) is 18.2 Å². The van der Waals surface area contributed by atoms with E-state index < -0.39 is 0 Å². The van der Waals surface area contributed by atoms with Crippen LogP contribution < -0.4 is 0 Å². The van der Waals surface area contributed by atoms with Crippen LogP contribution in [-0.2, 0) is 0 Å². The monoisotopic (exact) mass is 254 g/mol. The zero-order chi connectivity index (χ0) is 13.8. The van der Waals surface area contributed by atoms with Crippen molar-refractivity contribution in [1.29, 1.82) is 0 Å². The number of hydrogen-bond donors (Lipinski definition) is 2. The molecule has 0 amide bonds. The Hall–Kier alpha value is -2.55. The van der Waals surface area contributed by atoms with E-state index in [-0.39, 0.29) is 22.8 Å². The number of phenolic OH excluding ortho intramolecular Hbond substituents is 2. The fraction of sp³-hybridized carbons (Fsp3) is 0.0625. The highest BCUT2D eigenvalue weighted by molar-refractivity contribution is 6.08. The lowest BCUT2D eigenvalue weighted by Crippen LogP contribution is -1.94. The summed E-state index contributed by atoms with van der Waals surface area (Å²) in [7, 11) is 0. The molecule has 0 radical (unpaired) electrons. The molecule has 0 aliphatic heterocycles. The molecule has 3 heteroatoms. The van der Waals surface area contributed by atoms with Gasteiger partial charge in [-0.05, 0) is 30.7 Å². The summed E-state index contributed by atoms with van der Waals surface area (Å²) in [5.74, 6) is -0.602. The molecule has 0 aliphatic rings. The SMILES string of the molecule is Cc1cccc(/C=C/C(=O)c2ccc(O)cc2O)c1. The minimum Gasteiger partial charge on any atom is -0.508 e. The van der Waals surface area contributed by atoms with Crippen molar-refractivity contribution < 1.29 is 15.0 Å². The summed E-state index contributed by atoms with van der Waals surface area (Å²) in [6, 6.07) is 11.7. The Labute approximate surface area is 111 Å². The van der Waals surface area contributed by atoms with Crippen LogP contribution in [0.15, 0.2) is 48.5 Å². The number of carbonyl (C=O) groups is 1. The second-order valence-electron chi connectivity index (χ2n) is 4.31. The van der Waals surface area contributed by atoms with E-state index in [9.17, 15) is 9.90 Å². The summed E-state index contributed by atoms with van der Waals surface area (Å²) >= 11 is 0. The summed E-state index contributed by atoms with van der Waals surface area (Å²) in [4.78, 5) is 11.9. The van der Waals surface area contributed by atoms with Crippen molar-refractivity contribution in [1.82, 2.24) is 0 Å². The van der Waals surface area contributed by atoms with E-state index in [0.29, 0.717) is 0 Å². The van der Waals surface area contributed by atoms with Crippen molar-refractivity contribution in [3.63, 3.8) is 0 Å². The maximum absolute atomic E-state index is 11.9. The molecule has 0 heterocycles. The largest absolute Gasteiger partial charge is 0.508 e. The Balaban J connectivity index is 2.21. The third-order valence-electron chi connectivity index (χ3n) is 2.72. The topological polar surface area (TPSA) is 57.5 Å². The van der Waals surface area contributed by atoms with Crippen LogP contribution in [-0.4, -0.2) is 16.0 Å². The molecule has 0 aliphatic carbocycles. The highest BCUT2D eigenvalue weighted by Gasteiger charge is 2.08. The Morgan fingerprint density at radius 3 is 2.58 bits per heavy atom. The minimum atomic E-state index is -0.306. The van der Waals surface area contributed by atoms with Crippen LogP contribution in [0.1, 0.15) is 21.5 Å². The first-order chi connectivity index (χ1) is 9.06. The average molecular weight is 254 g/mol. The van der Waals surface area contributed by atoms with Crippen LogP contribution in [0, 0.1) is 6.92 Å². The molecule has 19 heavy (non-hydrogen) atoms. The quantitative estimate of drug-likeness (QED) is 0.652. The Kier molecular flexibility index (Phi) is 3.66. The maximum atomic E-state index is 11.9. The van der Waals surface area contributed by atoms with Crippen LogP contribution >= 0.6 is 0 Å². The fourth-order valence-electron chi connectivity index (χ4n) is 1.76. The van der Waals surface area contributed by atoms with E-state index >= 15 is 0 Å². The van der Waals surface area contributed by atoms with Gasteiger partial charge in [0.05, 0.1) is 5.56 Å². The van der Waals surface area contributed by atoms with E-state index in [1.807, 2.05) is 31.2 Å². The van der Waals surface area contributed by atoms with Gasteiger partial charge in [-0.2, -0.15) is 0 Å². The molecule has 2 aromatic carbocycles. The van der Waals surface area contributed by atoms with Crippen molar-refractivity contribution in [3.05, 3.63) is 65.2 Å². The molecule has 0 atom stereocenters. The number of allylic oxidation sites excluding steroid dienone is 1. The molecular formula is C16H14O3. The summed E-state index contributed by atoms with van der Waals surface area (Å²) in [5, 5.41) is 18.8. The Morgan fingerprint density at radius 2 is 1.89 bits per heavy atom. The maximum Gasteiger partial charge on any atom is 0.189 e. The van der Waals surface area contributed by atoms with Crippen molar-refractivity contribution in [2.24, 2.45) is 0 Å². The lowest BCUT2D eigenvalue weighted by atomic mass is 10.1. The van der Waals surface area contributed by atoms with Gasteiger partial charge in [-0.15, -0.1) is 0 Å². The van der Waals surface area contributed by atoms with Gasteiger partial charge in [0.2, 0.25) is 0 Å². The molecule has 0 bridgehead atoms. The summed E-state index contributed by atoms with van der Waals surface area (Å²) in [6.07, 6.45) is 3.10. The second kappa shape index (κ2) is 5.40. The molecule has 0 aromatic heterocycles. The van der Waals surface area contributed by atoms with Gasteiger partial charge in [-0.1, -0.05) is 35.9 Å². The normalized spacial score (nSPS) is 10.8. The molecule has 0 fully saturated rings. The smallest absolute Gasteiger partial charge is 0.189 e. The highest BCUT2D eigenvalue weighted by Crippen LogP contribution is 2.23. The first kappa shape index (κ1) is 12.9. The zero-order valence-electron chi connectivity index (χ0n) is 10.5. The first-order valence-electron chi connectivity index (χ1n) is 5.87. The minimum absolute atomic E-state index is 0.0725. The van der Waals surface area contributed by atoms with Gasteiger partial charge in [0.25, 0.3) is 0 Å². The first-order valence-corrected chi connectivity index (χ1v) is 5.87. The fourth-order valence-corrected chi connectivity index (χ4v) is 1.76. The predicted octanol–water partition coefficient (Wildman–Crippen LogP) is 3.30. The van der Waals surface area contributed by atoms with E-state index in [0.717, 1.165) is 17.2 Å². The van der Waals surface area contributed by atoms with Crippen LogP contribution in [0.5, 0.6) is 11.5 Å². The second-order valence-corrected chi connectivity index (χ2v) is 4.31. The molecule has 2 aromatic rings. The molecule has 2 N–H and O–H groups in total. The number of aromatic hydroxyl groups is 2. The van der Waals surface area contributed by atoms with Gasteiger partial charge in [0.15, 0.2) is 5.78 Å². The predicted molar refractivity (Wildman–Crippen MR) is 74.3 cm³/mol. The summed E-state index contributed by atoms with van der Waals surface area (Å²) in [6.45, 7) is 1.98. The standard InChI is InChI=1S/C16H14O3/c1-11-3-2-4-12(9-11)5-8-15(18)14-7-6-13(17)10-16(14)19/h2-10,17,19H,1H3/b8-5+. The molecule has 2 rings (SSSR count). The van der Waals surface area contributed by atoms with Crippen molar-refractivity contribution in [2.75, 3.05) is 0 Å². The Bertz CT molecular complexity index is 642. The highest BCUT2D eigenvalue weighted by atomic mass is 16.3. The number of rotatable bonds is 3. The Morgan fingerprint density at radius 1 is 1.11 bits per heavy atom. The van der Waals surface area contributed by atoms with Gasteiger partial charge in [0.1, 0.15) is 11.5 Å². The number of carbonyl (C=O) groups excluding carboxylic acids is 1. The van der Waals surface area contributed by atoms with Gasteiger partial charge < -0.3 is 10.2 Å². The zero-order valence-corrected chi connectivity index (χ0v) is 10.5. The van der Waals surface area contributed by atoms with Crippen LogP contribution in [0.2, 0.25) is 0 Å². The summed E-state index contributed by atoms with van der Waals surface area (Å²) < 4.78 is 0. The molecule has 0 saturated heterocycles. The number of phenols is 2. The number of aryl methyl sites for hydroxylation is 1. The number of ketones is 1. The third kappa shape index (κ3) is 3.22. The van der Waals surface area contributed by atoms with Gasteiger partial charge in [-0.3, -0.25) is 4.79 Å². The van der Waals surface area contributed by atoms with Crippen LogP contribution in [0.4, 0.5) is 0 Å². The van der Waals surface area contributed by atoms with Crippen LogP contribution in [0.3, 0.4) is 0 Å². The number of benzene rings is 2. The van der Waals surface area contributed by atoms with E-state index in [4.69, 9.17) is 5.11 Å². The summed E-state index contributed by atoms with van der Waals surface area (Å²) in [5.41, 5.74) is 2.20. The molecular weight excluding hydrogens is 240 g/mol. The molecule has 0 saturated carbocycles. The van der Waals surface area contributed by atoms with Crippen molar-refractivity contribution >= 4 is 11.9 Å². The molecule has 3 nitrogen and oxygen atoms in total. The molecule has 0 unspecified atom stereocenters. The van der Waals surface area contributed by atoms with E-state index in [1.54, 1.807) is 6.08 Å². The van der Waals surface area contributed by atoms with Crippen molar-refractivity contribution in [3.8, 4) is 11.5 Å². The van der Waals surface area contributed by atoms with Crippen molar-refractivity contribution in [2.45, 2.75) is 6.92 Å². The van der Waals surface area contributed by atoms with Crippen LogP contribution in [0.25, 0.3) is 6.08 Å².